The van der Waals surface area contributed by atoms with E-state index in [2.05, 4.69) is 0 Å². The Bertz CT molecular complexity index is 810. The first kappa shape index (κ1) is 20.7. The number of hydrogen-bond acceptors (Lipinski definition) is 4. The smallest absolute Gasteiger partial charge is 0.260 e. The van der Waals surface area contributed by atoms with Crippen molar-refractivity contribution >= 4 is 11.8 Å². The van der Waals surface area contributed by atoms with E-state index in [4.69, 9.17) is 9.47 Å². The first-order chi connectivity index (χ1) is 14.0. The molecule has 6 heteroatoms. The third-order valence-electron chi connectivity index (χ3n) is 4.96. The van der Waals surface area contributed by atoms with Crippen LogP contribution in [0.3, 0.4) is 0 Å². The molecular formula is C23H28N2O4. The summed E-state index contributed by atoms with van der Waals surface area (Å²) in [5.74, 6) is 1.53. The van der Waals surface area contributed by atoms with Gasteiger partial charge in [-0.25, -0.2) is 0 Å². The fourth-order valence-corrected chi connectivity index (χ4v) is 3.23. The predicted molar refractivity (Wildman–Crippen MR) is 111 cm³/mol. The summed E-state index contributed by atoms with van der Waals surface area (Å²) >= 11 is 0. The van der Waals surface area contributed by atoms with E-state index in [9.17, 15) is 9.59 Å². The van der Waals surface area contributed by atoms with Crippen LogP contribution in [-0.2, 0) is 16.0 Å². The SMILES string of the molecule is CCOc1ccc(CC(=O)N2CCN(C(=O)COc3ccc(C)cc3)CC2)cc1. The number of carbonyl (C=O) groups is 2. The van der Waals surface area contributed by atoms with E-state index in [1.807, 2.05) is 67.3 Å². The summed E-state index contributed by atoms with van der Waals surface area (Å²) in [6.45, 7) is 6.75. The van der Waals surface area contributed by atoms with Crippen molar-refractivity contribution in [2.45, 2.75) is 20.3 Å². The second-order valence-corrected chi connectivity index (χ2v) is 7.12. The number of amides is 2. The highest BCUT2D eigenvalue weighted by atomic mass is 16.5. The zero-order valence-electron chi connectivity index (χ0n) is 17.1. The molecule has 6 nitrogen and oxygen atoms in total. The number of ether oxygens (including phenoxy) is 2. The standard InChI is InChI=1S/C23H28N2O4/c1-3-28-20-10-6-19(7-11-20)16-22(26)24-12-14-25(15-13-24)23(27)17-29-21-8-4-18(2)5-9-21/h4-11H,3,12-17H2,1-2H3. The molecule has 154 valence electrons. The van der Waals surface area contributed by atoms with Gasteiger partial charge in [-0.3, -0.25) is 9.59 Å². The van der Waals surface area contributed by atoms with E-state index in [1.165, 1.54) is 0 Å². The van der Waals surface area contributed by atoms with Crippen molar-refractivity contribution in [2.75, 3.05) is 39.4 Å². The Kier molecular flexibility index (Phi) is 7.11. The highest BCUT2D eigenvalue weighted by molar-refractivity contribution is 5.80. The van der Waals surface area contributed by atoms with Crippen molar-refractivity contribution in [2.24, 2.45) is 0 Å². The zero-order chi connectivity index (χ0) is 20.6. The van der Waals surface area contributed by atoms with Crippen LogP contribution in [-0.4, -0.2) is 61.0 Å². The molecule has 0 bridgehead atoms. The van der Waals surface area contributed by atoms with E-state index in [0.29, 0.717) is 45.0 Å². The van der Waals surface area contributed by atoms with Gasteiger partial charge < -0.3 is 19.3 Å². The largest absolute Gasteiger partial charge is 0.494 e. The molecule has 3 rings (SSSR count). The number of aryl methyl sites for hydroxylation is 1. The minimum atomic E-state index is -0.0517. The van der Waals surface area contributed by atoms with Crippen LogP contribution in [0.1, 0.15) is 18.1 Å². The van der Waals surface area contributed by atoms with Crippen LogP contribution in [0.25, 0.3) is 0 Å². The van der Waals surface area contributed by atoms with Crippen molar-refractivity contribution < 1.29 is 19.1 Å². The Morgan fingerprint density at radius 2 is 1.31 bits per heavy atom. The number of piperazine rings is 1. The third-order valence-corrected chi connectivity index (χ3v) is 4.96. The van der Waals surface area contributed by atoms with E-state index >= 15 is 0 Å². The van der Waals surface area contributed by atoms with Crippen LogP contribution >= 0.6 is 0 Å². The summed E-state index contributed by atoms with van der Waals surface area (Å²) in [5, 5.41) is 0. The molecule has 0 N–H and O–H groups in total. The fourth-order valence-electron chi connectivity index (χ4n) is 3.23. The summed E-state index contributed by atoms with van der Waals surface area (Å²) in [7, 11) is 0. The van der Waals surface area contributed by atoms with Crippen molar-refractivity contribution in [3.63, 3.8) is 0 Å². The summed E-state index contributed by atoms with van der Waals surface area (Å²) < 4.78 is 11.0. The van der Waals surface area contributed by atoms with Gasteiger partial charge in [-0.15, -0.1) is 0 Å². The molecule has 1 saturated heterocycles. The lowest BCUT2D eigenvalue weighted by Crippen LogP contribution is -2.52. The Balaban J connectivity index is 1.42. The second kappa shape index (κ2) is 9.96. The maximum Gasteiger partial charge on any atom is 0.260 e. The molecule has 2 aromatic rings. The average Bonchev–Trinajstić information content (AvgIpc) is 2.75. The number of benzene rings is 2. The molecule has 2 amide bonds. The summed E-state index contributed by atoms with van der Waals surface area (Å²) in [6.07, 6.45) is 0.358. The first-order valence-electron chi connectivity index (χ1n) is 10.0. The molecule has 1 fully saturated rings. The Hall–Kier alpha value is -3.02. The quantitative estimate of drug-likeness (QED) is 0.722. The Morgan fingerprint density at radius 3 is 1.90 bits per heavy atom. The maximum absolute atomic E-state index is 12.6. The van der Waals surface area contributed by atoms with Gasteiger partial charge in [-0.1, -0.05) is 29.8 Å². The van der Waals surface area contributed by atoms with Gasteiger partial charge >= 0.3 is 0 Å². The summed E-state index contributed by atoms with van der Waals surface area (Å²) in [6, 6.07) is 15.2. The molecule has 0 unspecified atom stereocenters. The summed E-state index contributed by atoms with van der Waals surface area (Å²) in [4.78, 5) is 28.5. The predicted octanol–water partition coefficient (Wildman–Crippen LogP) is 2.69. The lowest BCUT2D eigenvalue weighted by Gasteiger charge is -2.34. The minimum absolute atomic E-state index is 0.0171. The number of carbonyl (C=O) groups excluding carboxylic acids is 2. The van der Waals surface area contributed by atoms with Gasteiger partial charge in [-0.05, 0) is 43.7 Å². The van der Waals surface area contributed by atoms with Gasteiger partial charge in [-0.2, -0.15) is 0 Å². The van der Waals surface area contributed by atoms with E-state index in [0.717, 1.165) is 16.9 Å². The van der Waals surface area contributed by atoms with Crippen LogP contribution in [0.4, 0.5) is 0 Å². The molecule has 0 atom stereocenters. The molecule has 1 aliphatic rings. The second-order valence-electron chi connectivity index (χ2n) is 7.12. The highest BCUT2D eigenvalue weighted by Gasteiger charge is 2.24. The molecule has 0 saturated carbocycles. The van der Waals surface area contributed by atoms with Gasteiger partial charge in [0.05, 0.1) is 13.0 Å². The van der Waals surface area contributed by atoms with Crippen molar-refractivity contribution in [1.29, 1.82) is 0 Å². The highest BCUT2D eigenvalue weighted by Crippen LogP contribution is 2.14. The normalized spacial score (nSPS) is 13.9. The molecule has 2 aromatic carbocycles. The molecule has 0 radical (unpaired) electrons. The Morgan fingerprint density at radius 1 is 0.793 bits per heavy atom. The van der Waals surface area contributed by atoms with Crippen molar-refractivity contribution in [3.05, 3.63) is 59.7 Å². The first-order valence-corrected chi connectivity index (χ1v) is 10.0. The Labute approximate surface area is 172 Å². The number of rotatable bonds is 7. The van der Waals surface area contributed by atoms with Crippen molar-refractivity contribution in [1.82, 2.24) is 9.80 Å². The van der Waals surface area contributed by atoms with E-state index < -0.39 is 0 Å². The molecule has 0 aliphatic carbocycles. The molecule has 0 aromatic heterocycles. The van der Waals surface area contributed by atoms with Crippen LogP contribution in [0.5, 0.6) is 11.5 Å². The monoisotopic (exact) mass is 396 g/mol. The number of hydrogen-bond donors (Lipinski definition) is 0. The maximum atomic E-state index is 12.6. The van der Waals surface area contributed by atoms with Gasteiger partial charge in [0.15, 0.2) is 6.61 Å². The van der Waals surface area contributed by atoms with Gasteiger partial charge in [0.2, 0.25) is 5.91 Å². The third kappa shape index (κ3) is 5.98. The van der Waals surface area contributed by atoms with Crippen LogP contribution in [0.2, 0.25) is 0 Å². The van der Waals surface area contributed by atoms with Crippen molar-refractivity contribution in [3.8, 4) is 11.5 Å². The fraction of sp³-hybridized carbons (Fsp3) is 0.391. The topological polar surface area (TPSA) is 59.1 Å². The molecule has 1 aliphatic heterocycles. The minimum Gasteiger partial charge on any atom is -0.494 e. The average molecular weight is 396 g/mol. The zero-order valence-corrected chi connectivity index (χ0v) is 17.1. The molecule has 1 heterocycles. The molecular weight excluding hydrogens is 368 g/mol. The van der Waals surface area contributed by atoms with Gasteiger partial charge in [0.1, 0.15) is 11.5 Å². The summed E-state index contributed by atoms with van der Waals surface area (Å²) in [5.41, 5.74) is 2.11. The van der Waals surface area contributed by atoms with Crippen LogP contribution in [0, 0.1) is 6.92 Å². The van der Waals surface area contributed by atoms with E-state index in [-0.39, 0.29) is 18.4 Å². The van der Waals surface area contributed by atoms with Crippen LogP contribution in [0.15, 0.2) is 48.5 Å². The lowest BCUT2D eigenvalue weighted by molar-refractivity contribution is -0.140. The molecule has 0 spiro atoms. The van der Waals surface area contributed by atoms with E-state index in [1.54, 1.807) is 4.90 Å². The van der Waals surface area contributed by atoms with Crippen LogP contribution < -0.4 is 9.47 Å². The van der Waals surface area contributed by atoms with Gasteiger partial charge in [0.25, 0.3) is 5.91 Å². The number of nitrogens with zero attached hydrogens (tertiary/aromatic N) is 2. The van der Waals surface area contributed by atoms with Gasteiger partial charge in [0, 0.05) is 26.2 Å². The lowest BCUT2D eigenvalue weighted by atomic mass is 10.1. The molecule has 29 heavy (non-hydrogen) atoms.